The lowest BCUT2D eigenvalue weighted by Gasteiger charge is -2.16. The van der Waals surface area contributed by atoms with E-state index in [0.29, 0.717) is 0 Å². The molecule has 104 valence electrons. The van der Waals surface area contributed by atoms with Crippen LogP contribution >= 0.6 is 0 Å². The molecule has 4 N–H and O–H groups in total. The number of nitrogens with one attached hydrogen (secondary N) is 1. The molecule has 1 amide bonds. The number of oxime groups is 1. The van der Waals surface area contributed by atoms with Crippen LogP contribution in [0.25, 0.3) is 0 Å². The molecule has 0 fully saturated rings. The van der Waals surface area contributed by atoms with Crippen molar-refractivity contribution in [1.29, 1.82) is 0 Å². The van der Waals surface area contributed by atoms with Crippen molar-refractivity contribution in [3.8, 4) is 0 Å². The molecule has 2 unspecified atom stereocenters. The standard InChI is InChI=1S/C14H21N3O2/c1-10(8-9-12-6-4-3-5-7-12)16-14(18)11(2)13(15)17-19/h3-7,10-11,19H,8-9H2,1-2H3,(H2,15,17)(H,16,18). The summed E-state index contributed by atoms with van der Waals surface area (Å²) in [5.74, 6) is -0.923. The maximum Gasteiger partial charge on any atom is 0.230 e. The van der Waals surface area contributed by atoms with Crippen molar-refractivity contribution in [2.75, 3.05) is 0 Å². The molecule has 2 atom stereocenters. The van der Waals surface area contributed by atoms with Crippen molar-refractivity contribution in [3.05, 3.63) is 35.9 Å². The van der Waals surface area contributed by atoms with E-state index >= 15 is 0 Å². The van der Waals surface area contributed by atoms with E-state index in [4.69, 9.17) is 10.9 Å². The molecule has 5 nitrogen and oxygen atoms in total. The number of hydrogen-bond acceptors (Lipinski definition) is 3. The van der Waals surface area contributed by atoms with E-state index in [0.717, 1.165) is 12.8 Å². The summed E-state index contributed by atoms with van der Waals surface area (Å²) >= 11 is 0. The van der Waals surface area contributed by atoms with Gasteiger partial charge in [0.1, 0.15) is 0 Å². The van der Waals surface area contributed by atoms with Gasteiger partial charge < -0.3 is 16.3 Å². The lowest BCUT2D eigenvalue weighted by Crippen LogP contribution is -2.41. The average Bonchev–Trinajstić information content (AvgIpc) is 2.44. The summed E-state index contributed by atoms with van der Waals surface area (Å²) in [4.78, 5) is 11.8. The van der Waals surface area contributed by atoms with Gasteiger partial charge in [-0.3, -0.25) is 4.79 Å². The highest BCUT2D eigenvalue weighted by Gasteiger charge is 2.18. The average molecular weight is 263 g/mol. The summed E-state index contributed by atoms with van der Waals surface area (Å²) in [5, 5.41) is 14.2. The molecule has 0 saturated heterocycles. The molecular weight excluding hydrogens is 242 g/mol. The summed E-state index contributed by atoms with van der Waals surface area (Å²) in [6.07, 6.45) is 1.75. The number of amides is 1. The fraction of sp³-hybridized carbons (Fsp3) is 0.429. The van der Waals surface area contributed by atoms with Crippen molar-refractivity contribution in [3.63, 3.8) is 0 Å². The van der Waals surface area contributed by atoms with Gasteiger partial charge in [0, 0.05) is 6.04 Å². The Morgan fingerprint density at radius 2 is 2.00 bits per heavy atom. The molecule has 0 radical (unpaired) electrons. The minimum Gasteiger partial charge on any atom is -0.409 e. The number of nitrogens with zero attached hydrogens (tertiary/aromatic N) is 1. The Kier molecular flexibility index (Phi) is 5.85. The third-order valence-corrected chi connectivity index (χ3v) is 3.05. The largest absolute Gasteiger partial charge is 0.409 e. The molecule has 5 heteroatoms. The van der Waals surface area contributed by atoms with Crippen molar-refractivity contribution < 1.29 is 10.0 Å². The van der Waals surface area contributed by atoms with E-state index in [1.54, 1.807) is 6.92 Å². The van der Waals surface area contributed by atoms with Gasteiger partial charge in [0.25, 0.3) is 0 Å². The van der Waals surface area contributed by atoms with Gasteiger partial charge >= 0.3 is 0 Å². The first-order chi connectivity index (χ1) is 9.04. The second-order valence-electron chi connectivity index (χ2n) is 4.68. The van der Waals surface area contributed by atoms with E-state index in [1.165, 1.54) is 5.56 Å². The van der Waals surface area contributed by atoms with Crippen LogP contribution in [0.15, 0.2) is 35.5 Å². The van der Waals surface area contributed by atoms with Gasteiger partial charge in [-0.15, -0.1) is 0 Å². The molecule has 0 aliphatic carbocycles. The summed E-state index contributed by atoms with van der Waals surface area (Å²) in [6.45, 7) is 3.55. The van der Waals surface area contributed by atoms with Crippen LogP contribution in [0, 0.1) is 5.92 Å². The first kappa shape index (κ1) is 15.0. The number of hydrogen-bond donors (Lipinski definition) is 3. The van der Waals surface area contributed by atoms with Crippen molar-refractivity contribution in [1.82, 2.24) is 5.32 Å². The Morgan fingerprint density at radius 1 is 1.37 bits per heavy atom. The number of amidine groups is 1. The molecule has 0 spiro atoms. The molecule has 0 heterocycles. The first-order valence-electron chi connectivity index (χ1n) is 6.36. The fourth-order valence-electron chi connectivity index (χ4n) is 1.69. The minimum atomic E-state index is -0.621. The quantitative estimate of drug-likeness (QED) is 0.314. The highest BCUT2D eigenvalue weighted by atomic mass is 16.4. The molecule has 1 aromatic rings. The van der Waals surface area contributed by atoms with Crippen LogP contribution in [-0.2, 0) is 11.2 Å². The predicted octanol–water partition coefficient (Wildman–Crippen LogP) is 1.51. The Balaban J connectivity index is 2.39. The summed E-state index contributed by atoms with van der Waals surface area (Å²) < 4.78 is 0. The molecule has 0 aliphatic heterocycles. The summed E-state index contributed by atoms with van der Waals surface area (Å²) in [5.41, 5.74) is 6.64. The maximum atomic E-state index is 11.8. The number of carbonyl (C=O) groups excluding carboxylic acids is 1. The van der Waals surface area contributed by atoms with Crippen LogP contribution < -0.4 is 11.1 Å². The zero-order chi connectivity index (χ0) is 14.3. The van der Waals surface area contributed by atoms with Crippen LogP contribution in [0.3, 0.4) is 0 Å². The summed E-state index contributed by atoms with van der Waals surface area (Å²) in [7, 11) is 0. The van der Waals surface area contributed by atoms with Crippen LogP contribution in [0.4, 0.5) is 0 Å². The monoisotopic (exact) mass is 263 g/mol. The lowest BCUT2D eigenvalue weighted by atomic mass is 10.1. The van der Waals surface area contributed by atoms with E-state index in [9.17, 15) is 4.79 Å². The van der Waals surface area contributed by atoms with E-state index in [2.05, 4.69) is 22.6 Å². The first-order valence-corrected chi connectivity index (χ1v) is 6.36. The van der Waals surface area contributed by atoms with Gasteiger partial charge in [0.05, 0.1) is 5.92 Å². The van der Waals surface area contributed by atoms with Crippen LogP contribution in [-0.4, -0.2) is 23.0 Å². The Labute approximate surface area is 113 Å². The molecule has 1 rings (SSSR count). The number of rotatable bonds is 6. The van der Waals surface area contributed by atoms with Crippen molar-refractivity contribution in [2.45, 2.75) is 32.7 Å². The molecule has 0 aliphatic rings. The zero-order valence-electron chi connectivity index (χ0n) is 11.3. The number of aryl methyl sites for hydroxylation is 1. The normalized spacial score (nSPS) is 14.7. The Bertz CT molecular complexity index is 432. The molecule has 0 bridgehead atoms. The van der Waals surface area contributed by atoms with Crippen LogP contribution in [0.2, 0.25) is 0 Å². The SMILES string of the molecule is CC(CCc1ccccc1)NC(=O)C(C)C(N)=NO. The van der Waals surface area contributed by atoms with Gasteiger partial charge in [0.2, 0.25) is 5.91 Å². The summed E-state index contributed by atoms with van der Waals surface area (Å²) in [6, 6.07) is 10.1. The zero-order valence-corrected chi connectivity index (χ0v) is 11.3. The number of nitrogens with two attached hydrogens (primary N) is 1. The third-order valence-electron chi connectivity index (χ3n) is 3.05. The highest BCUT2D eigenvalue weighted by Crippen LogP contribution is 2.05. The van der Waals surface area contributed by atoms with Gasteiger partial charge in [-0.25, -0.2) is 0 Å². The van der Waals surface area contributed by atoms with Crippen molar-refractivity contribution in [2.24, 2.45) is 16.8 Å². The molecule has 1 aromatic carbocycles. The number of benzene rings is 1. The predicted molar refractivity (Wildman–Crippen MR) is 74.9 cm³/mol. The van der Waals surface area contributed by atoms with E-state index in [1.807, 2.05) is 25.1 Å². The lowest BCUT2D eigenvalue weighted by molar-refractivity contribution is -0.123. The topological polar surface area (TPSA) is 87.7 Å². The van der Waals surface area contributed by atoms with Gasteiger partial charge in [0.15, 0.2) is 5.84 Å². The fourth-order valence-corrected chi connectivity index (χ4v) is 1.69. The van der Waals surface area contributed by atoms with Crippen LogP contribution in [0.5, 0.6) is 0 Å². The highest BCUT2D eigenvalue weighted by molar-refractivity contribution is 6.01. The van der Waals surface area contributed by atoms with Crippen molar-refractivity contribution >= 4 is 11.7 Å². The molecule has 0 aromatic heterocycles. The van der Waals surface area contributed by atoms with Gasteiger partial charge in [-0.2, -0.15) is 0 Å². The van der Waals surface area contributed by atoms with Gasteiger partial charge in [-0.05, 0) is 32.3 Å². The second kappa shape index (κ2) is 7.41. The van der Waals surface area contributed by atoms with Crippen LogP contribution in [0.1, 0.15) is 25.8 Å². The molecule has 19 heavy (non-hydrogen) atoms. The smallest absolute Gasteiger partial charge is 0.230 e. The van der Waals surface area contributed by atoms with E-state index < -0.39 is 5.92 Å². The minimum absolute atomic E-state index is 0.0432. The Hall–Kier alpha value is -2.04. The van der Waals surface area contributed by atoms with Gasteiger partial charge in [-0.1, -0.05) is 35.5 Å². The number of carbonyl (C=O) groups is 1. The molecule has 0 saturated carbocycles. The second-order valence-corrected chi connectivity index (χ2v) is 4.68. The molecular formula is C14H21N3O2. The third kappa shape index (κ3) is 4.99. The van der Waals surface area contributed by atoms with E-state index in [-0.39, 0.29) is 17.8 Å². The maximum absolute atomic E-state index is 11.8. The Morgan fingerprint density at radius 3 is 2.58 bits per heavy atom.